The van der Waals surface area contributed by atoms with Crippen LogP contribution in [-0.4, -0.2) is 60.4 Å². The highest BCUT2D eigenvalue weighted by Crippen LogP contribution is 2.34. The molecule has 0 unspecified atom stereocenters. The second-order valence-electron chi connectivity index (χ2n) is 9.74. The molecule has 3 aromatic heterocycles. The average molecular weight is 509 g/mol. The zero-order valence-corrected chi connectivity index (χ0v) is 21.2. The fraction of sp³-hybridized carbons (Fsp3) is 0.385. The number of carbonyl (C=O) groups excluding carboxylic acids is 1. The van der Waals surface area contributed by atoms with E-state index in [1.807, 2.05) is 44.2 Å². The zero-order chi connectivity index (χ0) is 25.7. The van der Waals surface area contributed by atoms with Crippen molar-refractivity contribution in [3.63, 3.8) is 0 Å². The molecule has 5 rings (SSSR count). The average Bonchev–Trinajstić information content (AvgIpc) is 3.40. The van der Waals surface area contributed by atoms with Crippen molar-refractivity contribution < 1.29 is 15.0 Å². The Morgan fingerprint density at radius 2 is 1.83 bits per heavy atom. The number of hydrogen-bond donors (Lipinski definition) is 2. The molecule has 0 saturated carbocycles. The summed E-state index contributed by atoms with van der Waals surface area (Å²) in [6.07, 6.45) is -0.0174. The number of nitrogens with zero attached hydrogens (tertiary/aromatic N) is 4. The maximum Gasteiger partial charge on any atom is 0.331 e. The van der Waals surface area contributed by atoms with Crippen molar-refractivity contribution in [2.24, 2.45) is 13.0 Å². The van der Waals surface area contributed by atoms with Crippen LogP contribution in [0.2, 0.25) is 0 Å². The third-order valence-electron chi connectivity index (χ3n) is 6.64. The standard InChI is InChI=1S/C26H28N4O5S/c1-14(2)11-30-25-22(23(33)28(3)26(30)35)21(24(34)29-12-18(31)19(32)13-29)20(36-25)10-15-8-9-27-17-7-5-4-6-16(15)17/h4-9,14,18-19,31-32H,10-13H2,1-3H3/t18-,19+. The van der Waals surface area contributed by atoms with Crippen LogP contribution in [-0.2, 0) is 20.0 Å². The van der Waals surface area contributed by atoms with Gasteiger partial charge in [0.05, 0.1) is 28.7 Å². The molecule has 1 aliphatic heterocycles. The van der Waals surface area contributed by atoms with E-state index in [9.17, 15) is 24.6 Å². The summed E-state index contributed by atoms with van der Waals surface area (Å²) in [5.74, 6) is -0.293. The van der Waals surface area contributed by atoms with E-state index in [-0.39, 0.29) is 30.0 Å². The van der Waals surface area contributed by atoms with Crippen molar-refractivity contribution in [1.29, 1.82) is 0 Å². The number of rotatable bonds is 5. The summed E-state index contributed by atoms with van der Waals surface area (Å²) in [5, 5.41) is 21.3. The number of β-amino-alcohol motifs (C(OH)–C–C–N with tert-alkyl or cyclic N) is 2. The molecule has 1 aromatic carbocycles. The largest absolute Gasteiger partial charge is 0.388 e. The van der Waals surface area contributed by atoms with Gasteiger partial charge in [-0.3, -0.25) is 23.7 Å². The highest BCUT2D eigenvalue weighted by molar-refractivity contribution is 7.19. The zero-order valence-electron chi connectivity index (χ0n) is 20.3. The van der Waals surface area contributed by atoms with E-state index in [0.29, 0.717) is 22.7 Å². The SMILES string of the molecule is CC(C)Cn1c(=O)n(C)c(=O)c2c(C(=O)N3C[C@@H](O)[C@@H](O)C3)c(Cc3ccnc4ccccc34)sc21. The fourth-order valence-corrected chi connectivity index (χ4v) is 6.14. The van der Waals surface area contributed by atoms with Gasteiger partial charge in [0.1, 0.15) is 4.83 Å². The van der Waals surface area contributed by atoms with Crippen molar-refractivity contribution >= 4 is 38.4 Å². The molecule has 0 bridgehead atoms. The van der Waals surface area contributed by atoms with Gasteiger partial charge >= 0.3 is 5.69 Å². The first-order valence-electron chi connectivity index (χ1n) is 11.9. The molecule has 1 saturated heterocycles. The van der Waals surface area contributed by atoms with Crippen LogP contribution in [0.1, 0.15) is 34.6 Å². The van der Waals surface area contributed by atoms with E-state index in [0.717, 1.165) is 21.0 Å². The van der Waals surface area contributed by atoms with Crippen molar-refractivity contribution in [3.8, 4) is 0 Å². The van der Waals surface area contributed by atoms with Crippen LogP contribution in [0.15, 0.2) is 46.1 Å². The molecule has 0 spiro atoms. The molecular formula is C26H28N4O5S. The molecule has 4 heterocycles. The van der Waals surface area contributed by atoms with E-state index >= 15 is 0 Å². The van der Waals surface area contributed by atoms with Gasteiger partial charge < -0.3 is 15.1 Å². The van der Waals surface area contributed by atoms with Gasteiger partial charge in [-0.25, -0.2) is 4.79 Å². The number of para-hydroxylation sites is 1. The first kappa shape index (κ1) is 24.4. The minimum absolute atomic E-state index is 0.0269. The third-order valence-corrected chi connectivity index (χ3v) is 7.85. The third kappa shape index (κ3) is 4.04. The summed E-state index contributed by atoms with van der Waals surface area (Å²) in [7, 11) is 1.42. The summed E-state index contributed by atoms with van der Waals surface area (Å²) in [5.41, 5.74) is 1.05. The van der Waals surface area contributed by atoms with Crippen LogP contribution >= 0.6 is 11.3 Å². The molecule has 2 atom stereocenters. The fourth-order valence-electron chi connectivity index (χ4n) is 4.83. The van der Waals surface area contributed by atoms with E-state index in [1.54, 1.807) is 10.8 Å². The van der Waals surface area contributed by atoms with Crippen molar-refractivity contribution in [1.82, 2.24) is 19.0 Å². The summed E-state index contributed by atoms with van der Waals surface area (Å²) < 4.78 is 2.62. The number of carbonyl (C=O) groups is 1. The van der Waals surface area contributed by atoms with Crippen molar-refractivity contribution in [2.75, 3.05) is 13.1 Å². The lowest BCUT2D eigenvalue weighted by atomic mass is 10.0. The lowest BCUT2D eigenvalue weighted by Gasteiger charge is -2.17. The summed E-state index contributed by atoms with van der Waals surface area (Å²) in [6.45, 7) is 4.32. The minimum atomic E-state index is -1.05. The number of hydrogen-bond acceptors (Lipinski definition) is 7. The Kier molecular flexibility index (Phi) is 6.27. The van der Waals surface area contributed by atoms with Crippen LogP contribution < -0.4 is 11.2 Å². The second-order valence-corrected chi connectivity index (χ2v) is 10.8. The monoisotopic (exact) mass is 508 g/mol. The highest BCUT2D eigenvalue weighted by atomic mass is 32.1. The molecule has 0 radical (unpaired) electrons. The summed E-state index contributed by atoms with van der Waals surface area (Å²) in [4.78, 5) is 47.2. The number of aliphatic hydroxyl groups is 2. The molecule has 2 N–H and O–H groups in total. The number of amides is 1. The van der Waals surface area contributed by atoms with Gasteiger partial charge in [-0.1, -0.05) is 32.0 Å². The minimum Gasteiger partial charge on any atom is -0.388 e. The van der Waals surface area contributed by atoms with E-state index in [2.05, 4.69) is 4.98 Å². The maximum absolute atomic E-state index is 13.8. The van der Waals surface area contributed by atoms with Gasteiger partial charge in [0.15, 0.2) is 0 Å². The van der Waals surface area contributed by atoms with Crippen molar-refractivity contribution in [3.05, 3.63) is 73.4 Å². The molecule has 36 heavy (non-hydrogen) atoms. The predicted octanol–water partition coefficient (Wildman–Crippen LogP) is 1.73. The maximum atomic E-state index is 13.8. The highest BCUT2D eigenvalue weighted by Gasteiger charge is 2.36. The normalized spacial score (nSPS) is 18.1. The second kappa shape index (κ2) is 9.27. The van der Waals surface area contributed by atoms with Gasteiger partial charge in [-0.05, 0) is 23.6 Å². The van der Waals surface area contributed by atoms with E-state index in [1.165, 1.54) is 23.3 Å². The smallest absolute Gasteiger partial charge is 0.331 e. The van der Waals surface area contributed by atoms with Crippen LogP contribution in [0.25, 0.3) is 21.1 Å². The summed E-state index contributed by atoms with van der Waals surface area (Å²) in [6, 6.07) is 9.61. The van der Waals surface area contributed by atoms with Crippen molar-refractivity contribution in [2.45, 2.75) is 39.0 Å². The van der Waals surface area contributed by atoms with Gasteiger partial charge in [0.2, 0.25) is 0 Å². The van der Waals surface area contributed by atoms with E-state index in [4.69, 9.17) is 0 Å². The number of thiophene rings is 1. The van der Waals surface area contributed by atoms with Crippen LogP contribution in [0.4, 0.5) is 0 Å². The molecule has 1 aliphatic rings. The number of benzene rings is 1. The predicted molar refractivity (Wildman–Crippen MR) is 139 cm³/mol. The van der Waals surface area contributed by atoms with Gasteiger partial charge in [0, 0.05) is 49.6 Å². The van der Waals surface area contributed by atoms with Crippen LogP contribution in [0.5, 0.6) is 0 Å². The molecule has 4 aromatic rings. The summed E-state index contributed by atoms with van der Waals surface area (Å²) >= 11 is 1.28. The van der Waals surface area contributed by atoms with Crippen LogP contribution in [0, 0.1) is 5.92 Å². The Balaban J connectivity index is 1.77. The number of pyridine rings is 1. The quantitative estimate of drug-likeness (QED) is 0.424. The molecule has 10 heteroatoms. The molecule has 1 amide bonds. The molecule has 0 aliphatic carbocycles. The number of aromatic nitrogens is 3. The number of aliphatic hydroxyl groups excluding tert-OH is 2. The Morgan fingerprint density at radius 3 is 2.53 bits per heavy atom. The Bertz CT molecular complexity index is 1590. The lowest BCUT2D eigenvalue weighted by molar-refractivity contribution is 0.0572. The first-order chi connectivity index (χ1) is 17.2. The van der Waals surface area contributed by atoms with Crippen LogP contribution in [0.3, 0.4) is 0 Å². The molecular weight excluding hydrogens is 480 g/mol. The lowest BCUT2D eigenvalue weighted by Crippen LogP contribution is -2.39. The molecule has 188 valence electrons. The number of fused-ring (bicyclic) bond motifs is 2. The van der Waals surface area contributed by atoms with Gasteiger partial charge in [-0.2, -0.15) is 0 Å². The Morgan fingerprint density at radius 1 is 1.14 bits per heavy atom. The topological polar surface area (TPSA) is 118 Å². The number of likely N-dealkylation sites (tertiary alicyclic amines) is 1. The molecule has 9 nitrogen and oxygen atoms in total. The Labute approximate surface area is 210 Å². The Hall–Kier alpha value is -3.34. The van der Waals surface area contributed by atoms with Gasteiger partial charge in [-0.15, -0.1) is 11.3 Å². The molecule has 1 fully saturated rings. The van der Waals surface area contributed by atoms with E-state index < -0.39 is 29.4 Å². The first-order valence-corrected chi connectivity index (χ1v) is 12.7. The van der Waals surface area contributed by atoms with Gasteiger partial charge in [0.25, 0.3) is 11.5 Å².